The number of benzene rings is 1. The summed E-state index contributed by atoms with van der Waals surface area (Å²) in [4.78, 5) is 18.9. The van der Waals surface area contributed by atoms with Gasteiger partial charge in [-0.3, -0.25) is 4.79 Å². The molecule has 2 heterocycles. The third-order valence-electron chi connectivity index (χ3n) is 4.67. The highest BCUT2D eigenvalue weighted by atomic mass is 16.5. The van der Waals surface area contributed by atoms with Crippen molar-refractivity contribution in [3.05, 3.63) is 48.3 Å². The van der Waals surface area contributed by atoms with Crippen molar-refractivity contribution >= 4 is 11.6 Å². The summed E-state index contributed by atoms with van der Waals surface area (Å²) in [6, 6.07) is 11.1. The number of nitrogens with zero attached hydrogens (tertiary/aromatic N) is 2. The molecule has 27 heavy (non-hydrogen) atoms. The number of hydrogen-bond donors (Lipinski definition) is 1. The summed E-state index contributed by atoms with van der Waals surface area (Å²) in [7, 11) is 1.62. The molecule has 1 aliphatic heterocycles. The first-order valence-electron chi connectivity index (χ1n) is 9.52. The van der Waals surface area contributed by atoms with Crippen molar-refractivity contribution in [2.45, 2.75) is 25.7 Å². The standard InChI is InChI=1S/C21H27N3O3/c1-26-18-7-9-19(10-8-18)27-15-12-22-21(25)20-11-6-17(16-23-20)24-13-4-2-3-5-14-24/h6-11,16H,2-5,12-15H2,1H3,(H,22,25). The SMILES string of the molecule is COc1ccc(OCCNC(=O)c2ccc(N3CCCCCC3)cn2)cc1. The predicted molar refractivity (Wildman–Crippen MR) is 106 cm³/mol. The first-order chi connectivity index (χ1) is 13.3. The lowest BCUT2D eigenvalue weighted by Gasteiger charge is -2.22. The maximum atomic E-state index is 12.2. The van der Waals surface area contributed by atoms with Gasteiger partial charge >= 0.3 is 0 Å². The number of ether oxygens (including phenoxy) is 2. The van der Waals surface area contributed by atoms with Crippen LogP contribution < -0.4 is 19.7 Å². The monoisotopic (exact) mass is 369 g/mol. The predicted octanol–water partition coefficient (Wildman–Crippen LogP) is 3.28. The van der Waals surface area contributed by atoms with Crippen molar-refractivity contribution < 1.29 is 14.3 Å². The zero-order valence-electron chi connectivity index (χ0n) is 15.8. The smallest absolute Gasteiger partial charge is 0.269 e. The van der Waals surface area contributed by atoms with Crippen LogP contribution in [0, 0.1) is 0 Å². The van der Waals surface area contributed by atoms with Gasteiger partial charge in [0.25, 0.3) is 5.91 Å². The first kappa shape index (κ1) is 19.0. The number of carbonyl (C=O) groups is 1. The minimum atomic E-state index is -0.184. The van der Waals surface area contributed by atoms with Crippen LogP contribution in [0.4, 0.5) is 5.69 Å². The Bertz CT molecular complexity index is 708. The normalized spacial score (nSPS) is 14.3. The summed E-state index contributed by atoms with van der Waals surface area (Å²) in [5, 5.41) is 2.84. The van der Waals surface area contributed by atoms with Crippen molar-refractivity contribution in [2.75, 3.05) is 38.3 Å². The van der Waals surface area contributed by atoms with Gasteiger partial charge in [0.1, 0.15) is 23.8 Å². The second-order valence-electron chi connectivity index (χ2n) is 6.58. The minimum absolute atomic E-state index is 0.184. The van der Waals surface area contributed by atoms with Crippen LogP contribution in [0.1, 0.15) is 36.2 Å². The Morgan fingerprint density at radius 3 is 2.37 bits per heavy atom. The fourth-order valence-electron chi connectivity index (χ4n) is 3.13. The Kier molecular flexibility index (Phi) is 6.90. The van der Waals surface area contributed by atoms with E-state index in [1.807, 2.05) is 30.3 Å². The Balaban J connectivity index is 1.43. The topological polar surface area (TPSA) is 63.7 Å². The Morgan fingerprint density at radius 1 is 1.04 bits per heavy atom. The van der Waals surface area contributed by atoms with E-state index in [1.54, 1.807) is 19.4 Å². The van der Waals surface area contributed by atoms with Gasteiger partial charge in [0, 0.05) is 13.1 Å². The van der Waals surface area contributed by atoms with Crippen molar-refractivity contribution in [3.8, 4) is 11.5 Å². The molecule has 144 valence electrons. The van der Waals surface area contributed by atoms with Gasteiger partial charge in [0.15, 0.2) is 0 Å². The van der Waals surface area contributed by atoms with Gasteiger partial charge < -0.3 is 19.7 Å². The molecule has 1 fully saturated rings. The number of nitrogens with one attached hydrogen (secondary N) is 1. The summed E-state index contributed by atoms with van der Waals surface area (Å²) in [5.41, 5.74) is 1.52. The van der Waals surface area contributed by atoms with E-state index >= 15 is 0 Å². The van der Waals surface area contributed by atoms with E-state index in [1.165, 1.54) is 25.7 Å². The summed E-state index contributed by atoms with van der Waals surface area (Å²) in [5.74, 6) is 1.34. The van der Waals surface area contributed by atoms with Crippen LogP contribution in [-0.4, -0.2) is 44.2 Å². The summed E-state index contributed by atoms with van der Waals surface area (Å²) in [6.07, 6.45) is 6.83. The van der Waals surface area contributed by atoms with Crippen LogP contribution in [0.5, 0.6) is 11.5 Å². The van der Waals surface area contributed by atoms with Gasteiger partial charge in [-0.1, -0.05) is 12.8 Å². The van der Waals surface area contributed by atoms with Gasteiger partial charge in [-0.05, 0) is 49.2 Å². The van der Waals surface area contributed by atoms with Crippen LogP contribution in [0.3, 0.4) is 0 Å². The fraction of sp³-hybridized carbons (Fsp3) is 0.429. The maximum absolute atomic E-state index is 12.2. The van der Waals surface area contributed by atoms with Crippen LogP contribution in [-0.2, 0) is 0 Å². The molecule has 1 aliphatic rings. The molecule has 0 saturated carbocycles. The number of pyridine rings is 1. The molecule has 0 aliphatic carbocycles. The number of aromatic nitrogens is 1. The molecule has 3 rings (SSSR count). The molecule has 0 spiro atoms. The molecule has 6 heteroatoms. The van der Waals surface area contributed by atoms with E-state index in [-0.39, 0.29) is 5.91 Å². The van der Waals surface area contributed by atoms with Gasteiger partial charge in [-0.2, -0.15) is 0 Å². The molecule has 0 atom stereocenters. The quantitative estimate of drug-likeness (QED) is 0.759. The van der Waals surface area contributed by atoms with Crippen molar-refractivity contribution in [1.29, 1.82) is 0 Å². The highest BCUT2D eigenvalue weighted by Crippen LogP contribution is 2.19. The van der Waals surface area contributed by atoms with Crippen molar-refractivity contribution in [3.63, 3.8) is 0 Å². The summed E-state index contributed by atoms with van der Waals surface area (Å²) < 4.78 is 10.7. The van der Waals surface area contributed by atoms with E-state index in [4.69, 9.17) is 9.47 Å². The van der Waals surface area contributed by atoms with E-state index in [0.717, 1.165) is 30.3 Å². The van der Waals surface area contributed by atoms with Crippen LogP contribution in [0.2, 0.25) is 0 Å². The lowest BCUT2D eigenvalue weighted by molar-refractivity contribution is 0.0942. The molecular weight excluding hydrogens is 342 g/mol. The molecule has 1 amide bonds. The average molecular weight is 369 g/mol. The number of amides is 1. The zero-order chi connectivity index (χ0) is 18.9. The van der Waals surface area contributed by atoms with Crippen molar-refractivity contribution in [2.24, 2.45) is 0 Å². The molecule has 1 N–H and O–H groups in total. The van der Waals surface area contributed by atoms with Gasteiger partial charge in [-0.15, -0.1) is 0 Å². The van der Waals surface area contributed by atoms with Gasteiger partial charge in [-0.25, -0.2) is 4.98 Å². The third kappa shape index (κ3) is 5.61. The summed E-state index contributed by atoms with van der Waals surface area (Å²) >= 11 is 0. The van der Waals surface area contributed by atoms with Crippen molar-refractivity contribution in [1.82, 2.24) is 10.3 Å². The molecule has 6 nitrogen and oxygen atoms in total. The van der Waals surface area contributed by atoms with E-state index in [9.17, 15) is 4.79 Å². The Labute approximate surface area is 160 Å². The second-order valence-corrected chi connectivity index (χ2v) is 6.58. The number of carbonyl (C=O) groups excluding carboxylic acids is 1. The highest BCUT2D eigenvalue weighted by molar-refractivity contribution is 5.92. The molecule has 1 saturated heterocycles. The molecule has 2 aromatic rings. The second kappa shape index (κ2) is 9.80. The van der Waals surface area contributed by atoms with Crippen LogP contribution >= 0.6 is 0 Å². The average Bonchev–Trinajstić information content (AvgIpc) is 3.01. The highest BCUT2D eigenvalue weighted by Gasteiger charge is 2.12. The minimum Gasteiger partial charge on any atom is -0.497 e. The fourth-order valence-corrected chi connectivity index (χ4v) is 3.13. The molecule has 0 unspecified atom stereocenters. The van der Waals surface area contributed by atoms with Crippen LogP contribution in [0.15, 0.2) is 42.6 Å². The molecule has 0 bridgehead atoms. The number of hydrogen-bond acceptors (Lipinski definition) is 5. The van der Waals surface area contributed by atoms with E-state index in [0.29, 0.717) is 18.8 Å². The maximum Gasteiger partial charge on any atom is 0.269 e. The van der Waals surface area contributed by atoms with E-state index < -0.39 is 0 Å². The Morgan fingerprint density at radius 2 is 1.74 bits per heavy atom. The molecular formula is C21H27N3O3. The molecule has 1 aromatic carbocycles. The summed E-state index contributed by atoms with van der Waals surface area (Å²) in [6.45, 7) is 2.94. The number of rotatable bonds is 7. The third-order valence-corrected chi connectivity index (χ3v) is 4.67. The lowest BCUT2D eigenvalue weighted by atomic mass is 10.2. The lowest BCUT2D eigenvalue weighted by Crippen LogP contribution is -2.29. The number of anilines is 1. The van der Waals surface area contributed by atoms with Gasteiger partial charge in [0.05, 0.1) is 25.5 Å². The Hall–Kier alpha value is -2.76. The largest absolute Gasteiger partial charge is 0.497 e. The van der Waals surface area contributed by atoms with Crippen LogP contribution in [0.25, 0.3) is 0 Å². The number of methoxy groups -OCH3 is 1. The molecule has 0 radical (unpaired) electrons. The van der Waals surface area contributed by atoms with E-state index in [2.05, 4.69) is 15.2 Å². The first-order valence-corrected chi connectivity index (χ1v) is 9.52. The zero-order valence-corrected chi connectivity index (χ0v) is 15.8. The van der Waals surface area contributed by atoms with Gasteiger partial charge in [0.2, 0.25) is 0 Å². The molecule has 1 aromatic heterocycles.